The van der Waals surface area contributed by atoms with Gasteiger partial charge in [-0.15, -0.1) is 0 Å². The highest BCUT2D eigenvalue weighted by Gasteiger charge is 2.16. The van der Waals surface area contributed by atoms with Crippen molar-refractivity contribution in [1.29, 1.82) is 0 Å². The molecule has 2 amide bonds. The Morgan fingerprint density at radius 3 is 2.38 bits per heavy atom. The van der Waals surface area contributed by atoms with Crippen LogP contribution in [0.1, 0.15) is 22.8 Å². The molecule has 1 N–H and O–H groups in total. The predicted octanol–water partition coefficient (Wildman–Crippen LogP) is 2.79. The summed E-state index contributed by atoms with van der Waals surface area (Å²) in [6, 6.07) is 14.7. The molecule has 0 atom stereocenters. The van der Waals surface area contributed by atoms with Crippen molar-refractivity contribution in [3.63, 3.8) is 0 Å². The Bertz CT molecular complexity index is 711. The number of hydrogen-bond acceptors (Lipinski definition) is 3. The predicted molar refractivity (Wildman–Crippen MR) is 94.5 cm³/mol. The van der Waals surface area contributed by atoms with Crippen molar-refractivity contribution in [1.82, 2.24) is 5.32 Å². The summed E-state index contributed by atoms with van der Waals surface area (Å²) in [7, 11) is 1.57. The number of nitrogens with zero attached hydrogens (tertiary/aromatic N) is 1. The summed E-state index contributed by atoms with van der Waals surface area (Å²) >= 11 is 0. The molecule has 0 spiro atoms. The van der Waals surface area contributed by atoms with E-state index >= 15 is 0 Å². The second kappa shape index (κ2) is 8.15. The molecule has 0 radical (unpaired) electrons. The molecule has 0 saturated carbocycles. The summed E-state index contributed by atoms with van der Waals surface area (Å²) in [5.74, 6) is 0.361. The lowest BCUT2D eigenvalue weighted by Crippen LogP contribution is -2.37. The Morgan fingerprint density at radius 1 is 1.08 bits per heavy atom. The van der Waals surface area contributed by atoms with Gasteiger partial charge in [0.25, 0.3) is 5.91 Å². The summed E-state index contributed by atoms with van der Waals surface area (Å²) < 4.78 is 5.30. The molecule has 0 fully saturated rings. The lowest BCUT2D eigenvalue weighted by atomic mass is 10.1. The van der Waals surface area contributed by atoms with Crippen molar-refractivity contribution < 1.29 is 14.3 Å². The number of para-hydroxylation sites is 2. The van der Waals surface area contributed by atoms with Gasteiger partial charge in [-0.25, -0.2) is 0 Å². The highest BCUT2D eigenvalue weighted by atomic mass is 16.5. The van der Waals surface area contributed by atoms with Crippen LogP contribution in [0.5, 0.6) is 5.75 Å². The van der Waals surface area contributed by atoms with E-state index in [-0.39, 0.29) is 11.8 Å². The van der Waals surface area contributed by atoms with Gasteiger partial charge in [-0.3, -0.25) is 9.59 Å². The maximum atomic E-state index is 12.1. The Kier molecular flexibility index (Phi) is 5.95. The molecule has 24 heavy (non-hydrogen) atoms. The van der Waals surface area contributed by atoms with Crippen LogP contribution in [0.3, 0.4) is 0 Å². The Balaban J connectivity index is 2.01. The monoisotopic (exact) mass is 326 g/mol. The number of amides is 2. The summed E-state index contributed by atoms with van der Waals surface area (Å²) in [5.41, 5.74) is 2.40. The Morgan fingerprint density at radius 2 is 1.75 bits per heavy atom. The number of anilines is 1. The minimum atomic E-state index is -0.154. The van der Waals surface area contributed by atoms with E-state index in [1.165, 1.54) is 6.92 Å². The zero-order chi connectivity index (χ0) is 17.5. The van der Waals surface area contributed by atoms with Crippen molar-refractivity contribution in [2.75, 3.05) is 25.1 Å². The molecule has 0 aromatic heterocycles. The number of rotatable bonds is 6. The van der Waals surface area contributed by atoms with Gasteiger partial charge in [0, 0.05) is 25.6 Å². The lowest BCUT2D eigenvalue weighted by Gasteiger charge is -2.23. The fourth-order valence-electron chi connectivity index (χ4n) is 2.39. The minimum Gasteiger partial charge on any atom is -0.495 e. The molecule has 126 valence electrons. The molecule has 0 unspecified atom stereocenters. The molecular formula is C19H22N2O3. The second-order valence-corrected chi connectivity index (χ2v) is 5.46. The van der Waals surface area contributed by atoms with Crippen LogP contribution in [-0.4, -0.2) is 32.0 Å². The fourth-order valence-corrected chi connectivity index (χ4v) is 2.39. The van der Waals surface area contributed by atoms with E-state index in [0.29, 0.717) is 30.1 Å². The number of nitrogens with one attached hydrogen (secondary N) is 1. The van der Waals surface area contributed by atoms with Gasteiger partial charge in [0.2, 0.25) is 5.91 Å². The maximum absolute atomic E-state index is 12.1. The zero-order valence-corrected chi connectivity index (χ0v) is 14.2. The van der Waals surface area contributed by atoms with Gasteiger partial charge in [-0.2, -0.15) is 0 Å². The zero-order valence-electron chi connectivity index (χ0n) is 14.2. The van der Waals surface area contributed by atoms with E-state index in [1.807, 2.05) is 37.3 Å². The number of aryl methyl sites for hydroxylation is 1. The van der Waals surface area contributed by atoms with E-state index in [0.717, 1.165) is 5.56 Å². The molecule has 2 rings (SSSR count). The molecular weight excluding hydrogens is 304 g/mol. The van der Waals surface area contributed by atoms with Crippen LogP contribution in [0.25, 0.3) is 0 Å². The fraction of sp³-hybridized carbons (Fsp3) is 0.263. The number of carbonyl (C=O) groups is 2. The van der Waals surface area contributed by atoms with Crippen LogP contribution in [0.4, 0.5) is 5.69 Å². The van der Waals surface area contributed by atoms with Gasteiger partial charge < -0.3 is 15.0 Å². The quantitative estimate of drug-likeness (QED) is 0.888. The topological polar surface area (TPSA) is 58.6 Å². The average molecular weight is 326 g/mol. The first-order chi connectivity index (χ1) is 11.5. The summed E-state index contributed by atoms with van der Waals surface area (Å²) in [6.45, 7) is 4.19. The molecule has 0 aliphatic heterocycles. The third kappa shape index (κ3) is 4.35. The van der Waals surface area contributed by atoms with Gasteiger partial charge in [-0.1, -0.05) is 29.8 Å². The third-order valence-electron chi connectivity index (χ3n) is 3.69. The summed E-state index contributed by atoms with van der Waals surface area (Å²) in [4.78, 5) is 25.7. The highest BCUT2D eigenvalue weighted by molar-refractivity contribution is 5.95. The van der Waals surface area contributed by atoms with Crippen molar-refractivity contribution in [3.8, 4) is 5.75 Å². The van der Waals surface area contributed by atoms with Crippen LogP contribution < -0.4 is 15.0 Å². The normalized spacial score (nSPS) is 10.1. The molecule has 0 saturated heterocycles. The Hall–Kier alpha value is -2.82. The van der Waals surface area contributed by atoms with Crippen molar-refractivity contribution >= 4 is 17.5 Å². The van der Waals surface area contributed by atoms with Crippen LogP contribution >= 0.6 is 0 Å². The third-order valence-corrected chi connectivity index (χ3v) is 3.69. The maximum Gasteiger partial charge on any atom is 0.251 e. The van der Waals surface area contributed by atoms with Crippen LogP contribution in [-0.2, 0) is 4.79 Å². The second-order valence-electron chi connectivity index (χ2n) is 5.46. The number of ether oxygens (including phenoxy) is 1. The minimum absolute atomic E-state index is 0.107. The van der Waals surface area contributed by atoms with E-state index in [2.05, 4.69) is 5.32 Å². The largest absolute Gasteiger partial charge is 0.495 e. The van der Waals surface area contributed by atoms with Crippen LogP contribution in [0.2, 0.25) is 0 Å². The number of hydrogen-bond donors (Lipinski definition) is 1. The molecule has 2 aromatic carbocycles. The molecule has 0 bridgehead atoms. The van der Waals surface area contributed by atoms with Gasteiger partial charge in [-0.05, 0) is 31.2 Å². The first kappa shape index (κ1) is 17.5. The molecule has 0 aliphatic carbocycles. The van der Waals surface area contributed by atoms with E-state index in [1.54, 1.807) is 30.2 Å². The number of carbonyl (C=O) groups excluding carboxylic acids is 2. The van der Waals surface area contributed by atoms with Gasteiger partial charge in [0.05, 0.1) is 12.8 Å². The van der Waals surface area contributed by atoms with Crippen molar-refractivity contribution in [3.05, 3.63) is 59.7 Å². The molecule has 0 aliphatic rings. The van der Waals surface area contributed by atoms with E-state index in [9.17, 15) is 9.59 Å². The molecule has 0 heterocycles. The molecule has 5 nitrogen and oxygen atoms in total. The molecule has 5 heteroatoms. The highest BCUT2D eigenvalue weighted by Crippen LogP contribution is 2.27. The first-order valence-electron chi connectivity index (χ1n) is 7.79. The number of methoxy groups -OCH3 is 1. The summed E-state index contributed by atoms with van der Waals surface area (Å²) in [5, 5.41) is 2.84. The number of benzene rings is 2. The lowest BCUT2D eigenvalue weighted by molar-refractivity contribution is -0.116. The first-order valence-corrected chi connectivity index (χ1v) is 7.79. The van der Waals surface area contributed by atoms with E-state index in [4.69, 9.17) is 4.74 Å². The standard InChI is InChI=1S/C19H22N2O3/c1-14-8-10-16(11-9-14)19(23)20-12-13-21(15(2)22)17-6-4-5-7-18(17)24-3/h4-11H,12-13H2,1-3H3,(H,20,23). The van der Waals surface area contributed by atoms with Gasteiger partial charge >= 0.3 is 0 Å². The van der Waals surface area contributed by atoms with Crippen LogP contribution in [0.15, 0.2) is 48.5 Å². The smallest absolute Gasteiger partial charge is 0.251 e. The van der Waals surface area contributed by atoms with Crippen molar-refractivity contribution in [2.45, 2.75) is 13.8 Å². The van der Waals surface area contributed by atoms with Crippen molar-refractivity contribution in [2.24, 2.45) is 0 Å². The average Bonchev–Trinajstić information content (AvgIpc) is 2.59. The van der Waals surface area contributed by atoms with E-state index < -0.39 is 0 Å². The van der Waals surface area contributed by atoms with Crippen LogP contribution in [0, 0.1) is 6.92 Å². The van der Waals surface area contributed by atoms with Gasteiger partial charge in [0.1, 0.15) is 5.75 Å². The molecule has 2 aromatic rings. The SMILES string of the molecule is COc1ccccc1N(CCNC(=O)c1ccc(C)cc1)C(C)=O. The van der Waals surface area contributed by atoms with Gasteiger partial charge in [0.15, 0.2) is 0 Å². The summed E-state index contributed by atoms with van der Waals surface area (Å²) in [6.07, 6.45) is 0. The Labute approximate surface area is 142 Å².